The van der Waals surface area contributed by atoms with E-state index >= 15 is 0 Å². The largest absolute Gasteiger partial charge is 0.0824 e. The smallest absolute Gasteiger partial charge is 0.0728 e. The van der Waals surface area contributed by atoms with Gasteiger partial charge in [-0.15, -0.1) is 0 Å². The highest BCUT2D eigenvalue weighted by Crippen LogP contribution is 2.29. The van der Waals surface area contributed by atoms with E-state index in [2.05, 4.69) is 22.6 Å². The van der Waals surface area contributed by atoms with Crippen molar-refractivity contribution in [3.63, 3.8) is 0 Å². The van der Waals surface area contributed by atoms with Crippen LogP contribution >= 0.6 is 45.8 Å². The van der Waals surface area contributed by atoms with Gasteiger partial charge in [-0.1, -0.05) is 29.3 Å². The van der Waals surface area contributed by atoms with Gasteiger partial charge in [-0.25, -0.2) is 0 Å². The third-order valence-electron chi connectivity index (χ3n) is 1.23. The maximum atomic E-state index is 5.85. The first-order chi connectivity index (χ1) is 4.63. The van der Waals surface area contributed by atoms with Gasteiger partial charge < -0.3 is 0 Å². The van der Waals surface area contributed by atoms with E-state index in [1.165, 1.54) is 0 Å². The zero-order chi connectivity index (χ0) is 7.72. The molecule has 54 valence electrons. The second kappa shape index (κ2) is 3.28. The molecule has 0 aliphatic heterocycles. The van der Waals surface area contributed by atoms with Crippen molar-refractivity contribution in [2.75, 3.05) is 0 Å². The first-order valence-electron chi connectivity index (χ1n) is 2.73. The summed E-state index contributed by atoms with van der Waals surface area (Å²) >= 11 is 13.8. The number of hydrogen-bond acceptors (Lipinski definition) is 0. The fraction of sp³-hybridized carbons (Fsp3) is 0.143. The van der Waals surface area contributed by atoms with E-state index in [0.717, 1.165) is 9.13 Å². The first kappa shape index (κ1) is 8.62. The molecule has 0 nitrogen and oxygen atoms in total. The lowest BCUT2D eigenvalue weighted by Gasteiger charge is -2.00. The van der Waals surface area contributed by atoms with Crippen LogP contribution in [-0.2, 0) is 0 Å². The Morgan fingerprint density at radius 3 is 2.30 bits per heavy atom. The number of halogens is 3. The fourth-order valence-electron chi connectivity index (χ4n) is 0.622. The van der Waals surface area contributed by atoms with E-state index in [1.54, 1.807) is 0 Å². The highest BCUT2D eigenvalue weighted by atomic mass is 127. The van der Waals surface area contributed by atoms with Crippen LogP contribution in [0.5, 0.6) is 0 Å². The van der Waals surface area contributed by atoms with Gasteiger partial charge in [0.1, 0.15) is 0 Å². The summed E-state index contributed by atoms with van der Waals surface area (Å²) < 4.78 is 0.995. The quantitative estimate of drug-likeness (QED) is 0.501. The monoisotopic (exact) mass is 286 g/mol. The van der Waals surface area contributed by atoms with E-state index in [-0.39, 0.29) is 0 Å². The zero-order valence-electron chi connectivity index (χ0n) is 5.29. The second-order valence-corrected chi connectivity index (χ2v) is 3.91. The molecule has 1 aromatic rings. The predicted octanol–water partition coefficient (Wildman–Crippen LogP) is 3.91. The van der Waals surface area contributed by atoms with Crippen LogP contribution in [0.15, 0.2) is 12.1 Å². The molecule has 0 heterocycles. The van der Waals surface area contributed by atoms with Crippen molar-refractivity contribution in [2.24, 2.45) is 0 Å². The number of aryl methyl sites for hydroxylation is 1. The minimum absolute atomic E-state index is 0.655. The highest BCUT2D eigenvalue weighted by Gasteiger charge is 2.03. The van der Waals surface area contributed by atoms with Gasteiger partial charge in [0.25, 0.3) is 0 Å². The van der Waals surface area contributed by atoms with Gasteiger partial charge in [0.05, 0.1) is 10.0 Å². The van der Waals surface area contributed by atoms with Crippen molar-refractivity contribution in [3.8, 4) is 0 Å². The molecule has 0 atom stereocenters. The van der Waals surface area contributed by atoms with Crippen molar-refractivity contribution in [3.05, 3.63) is 31.3 Å². The summed E-state index contributed by atoms with van der Waals surface area (Å²) in [6, 6.07) is 3.90. The highest BCUT2D eigenvalue weighted by molar-refractivity contribution is 14.1. The van der Waals surface area contributed by atoms with Crippen LogP contribution in [0.3, 0.4) is 0 Å². The Labute approximate surface area is 83.7 Å². The fourth-order valence-corrected chi connectivity index (χ4v) is 1.61. The predicted molar refractivity (Wildman–Crippen MR) is 53.9 cm³/mol. The summed E-state index contributed by atoms with van der Waals surface area (Å²) in [5.41, 5.74) is 1.02. The molecule has 0 spiro atoms. The van der Waals surface area contributed by atoms with Crippen molar-refractivity contribution in [1.29, 1.82) is 0 Å². The molecule has 1 rings (SSSR count). The van der Waals surface area contributed by atoms with Crippen LogP contribution in [0.1, 0.15) is 5.56 Å². The molecule has 0 fully saturated rings. The lowest BCUT2D eigenvalue weighted by atomic mass is 10.2. The summed E-state index contributed by atoms with van der Waals surface area (Å²) in [7, 11) is 0. The molecular weight excluding hydrogens is 282 g/mol. The molecular formula is C7H5Cl2I. The van der Waals surface area contributed by atoms with Crippen LogP contribution in [-0.4, -0.2) is 0 Å². The molecule has 0 amide bonds. The van der Waals surface area contributed by atoms with E-state index in [1.807, 2.05) is 19.1 Å². The summed E-state index contributed by atoms with van der Waals surface area (Å²) in [4.78, 5) is 0. The summed E-state index contributed by atoms with van der Waals surface area (Å²) in [6.07, 6.45) is 0. The minimum atomic E-state index is 0.655. The van der Waals surface area contributed by atoms with Gasteiger partial charge in [0.2, 0.25) is 0 Å². The number of hydrogen-bond donors (Lipinski definition) is 0. The standard InChI is InChI=1S/C7H5Cl2I/c1-4-2-3-5(10)7(9)6(4)8/h2-3H,1H3. The minimum Gasteiger partial charge on any atom is -0.0824 e. The van der Waals surface area contributed by atoms with Gasteiger partial charge >= 0.3 is 0 Å². The Bertz CT molecular complexity index is 231. The van der Waals surface area contributed by atoms with Crippen molar-refractivity contribution in [1.82, 2.24) is 0 Å². The molecule has 0 aliphatic carbocycles. The normalized spacial score (nSPS) is 10.0. The molecule has 10 heavy (non-hydrogen) atoms. The van der Waals surface area contributed by atoms with Crippen LogP contribution in [0.25, 0.3) is 0 Å². The van der Waals surface area contributed by atoms with Gasteiger partial charge in [-0.2, -0.15) is 0 Å². The topological polar surface area (TPSA) is 0 Å². The van der Waals surface area contributed by atoms with E-state index in [4.69, 9.17) is 23.2 Å². The molecule has 0 saturated carbocycles. The molecule has 0 unspecified atom stereocenters. The van der Waals surface area contributed by atoms with E-state index in [9.17, 15) is 0 Å². The third kappa shape index (κ3) is 1.57. The Hall–Kier alpha value is 0.530. The second-order valence-electron chi connectivity index (χ2n) is 1.99. The number of rotatable bonds is 0. The molecule has 0 radical (unpaired) electrons. The SMILES string of the molecule is Cc1ccc(I)c(Cl)c1Cl. The van der Waals surface area contributed by atoms with Crippen LogP contribution in [0.4, 0.5) is 0 Å². The van der Waals surface area contributed by atoms with E-state index < -0.39 is 0 Å². The lowest BCUT2D eigenvalue weighted by Crippen LogP contribution is -1.79. The molecule has 0 N–H and O–H groups in total. The van der Waals surface area contributed by atoms with Crippen LogP contribution < -0.4 is 0 Å². The van der Waals surface area contributed by atoms with Crippen molar-refractivity contribution >= 4 is 45.8 Å². The average molecular weight is 287 g/mol. The van der Waals surface area contributed by atoms with Gasteiger partial charge in [-0.05, 0) is 41.1 Å². The molecule has 3 heteroatoms. The third-order valence-corrected chi connectivity index (χ3v) is 3.42. The Kier molecular flexibility index (Phi) is 2.83. The van der Waals surface area contributed by atoms with E-state index in [0.29, 0.717) is 10.0 Å². The Morgan fingerprint density at radius 1 is 1.20 bits per heavy atom. The molecule has 0 aliphatic rings. The zero-order valence-corrected chi connectivity index (χ0v) is 8.96. The Morgan fingerprint density at radius 2 is 1.80 bits per heavy atom. The number of benzene rings is 1. The Balaban J connectivity index is 3.34. The first-order valence-corrected chi connectivity index (χ1v) is 4.56. The molecule has 0 bridgehead atoms. The summed E-state index contributed by atoms with van der Waals surface area (Å²) in [5.74, 6) is 0. The van der Waals surface area contributed by atoms with Crippen molar-refractivity contribution in [2.45, 2.75) is 6.92 Å². The molecule has 0 saturated heterocycles. The molecule has 1 aromatic carbocycles. The maximum Gasteiger partial charge on any atom is 0.0728 e. The average Bonchev–Trinajstić information content (AvgIpc) is 1.93. The van der Waals surface area contributed by atoms with Crippen LogP contribution in [0, 0.1) is 10.5 Å². The summed E-state index contributed by atoms with van der Waals surface area (Å²) in [5, 5.41) is 1.32. The van der Waals surface area contributed by atoms with Gasteiger partial charge in [0, 0.05) is 3.57 Å². The molecule has 0 aromatic heterocycles. The van der Waals surface area contributed by atoms with Crippen LogP contribution in [0.2, 0.25) is 10.0 Å². The lowest BCUT2D eigenvalue weighted by molar-refractivity contribution is 1.45. The maximum absolute atomic E-state index is 5.85. The van der Waals surface area contributed by atoms with Gasteiger partial charge in [0.15, 0.2) is 0 Å². The van der Waals surface area contributed by atoms with Crippen molar-refractivity contribution < 1.29 is 0 Å². The van der Waals surface area contributed by atoms with Gasteiger partial charge in [-0.3, -0.25) is 0 Å². The summed E-state index contributed by atoms with van der Waals surface area (Å²) in [6.45, 7) is 1.93.